The van der Waals surface area contributed by atoms with E-state index in [1.807, 2.05) is 0 Å². The quantitative estimate of drug-likeness (QED) is 0.177. The van der Waals surface area contributed by atoms with Crippen LogP contribution >= 0.6 is 7.26 Å². The fourth-order valence-electron chi connectivity index (χ4n) is 7.61. The molecule has 8 rings (SSSR count). The molecule has 0 amide bonds. The zero-order valence-corrected chi connectivity index (χ0v) is 25.9. The monoisotopic (exact) mass is 585 g/mol. The summed E-state index contributed by atoms with van der Waals surface area (Å²) in [5.74, 6) is 0. The van der Waals surface area contributed by atoms with Crippen molar-refractivity contribution in [1.29, 1.82) is 0 Å². The summed E-state index contributed by atoms with van der Waals surface area (Å²) in [6.45, 7) is 2.89. The molecule has 0 atom stereocenters. The van der Waals surface area contributed by atoms with Crippen molar-refractivity contribution >= 4 is 44.7 Å². The minimum absolute atomic E-state index is 0.937. The molecule has 1 aliphatic heterocycles. The first-order valence-corrected chi connectivity index (χ1v) is 17.9. The van der Waals surface area contributed by atoms with Gasteiger partial charge < -0.3 is 0 Å². The van der Waals surface area contributed by atoms with Crippen LogP contribution in [-0.4, -0.2) is 17.6 Å². The van der Waals surface area contributed by atoms with E-state index >= 15 is 0 Å². The summed E-state index contributed by atoms with van der Waals surface area (Å²) in [6, 6.07) is 61.2. The van der Waals surface area contributed by atoms with Gasteiger partial charge in [0, 0.05) is 0 Å². The molecule has 0 saturated heterocycles. The molecule has 1 nitrogen and oxygen atoms in total. The van der Waals surface area contributed by atoms with E-state index in [1.165, 1.54) is 59.7 Å². The molecule has 1 aliphatic rings. The number of hydrogen-bond acceptors (Lipinski definition) is 1. The van der Waals surface area contributed by atoms with Gasteiger partial charge in [0.1, 0.15) is 0 Å². The van der Waals surface area contributed by atoms with E-state index in [1.54, 1.807) is 0 Å². The molecular weight excluding hydrogens is 549 g/mol. The molecule has 0 saturated carbocycles. The van der Waals surface area contributed by atoms with Gasteiger partial charge in [0.25, 0.3) is 0 Å². The summed E-state index contributed by atoms with van der Waals surface area (Å²) in [5.41, 5.74) is 5.67. The summed E-state index contributed by atoms with van der Waals surface area (Å²) in [7, 11) is -2.34. The summed E-state index contributed by atoms with van der Waals surface area (Å²) < 4.78 is 0. The second kappa shape index (κ2) is 11.5. The van der Waals surface area contributed by atoms with Crippen molar-refractivity contribution in [2.45, 2.75) is 13.1 Å². The van der Waals surface area contributed by atoms with Crippen LogP contribution in [0, 0.1) is 0 Å². The third kappa shape index (κ3) is 4.65. The summed E-state index contributed by atoms with van der Waals surface area (Å²) >= 11 is 0. The third-order valence-corrected chi connectivity index (χ3v) is 14.6. The molecule has 7 aromatic rings. The second-order valence-electron chi connectivity index (χ2n) is 12.1. The van der Waals surface area contributed by atoms with Crippen LogP contribution in [-0.2, 0) is 13.1 Å². The van der Waals surface area contributed by atoms with Gasteiger partial charge >= 0.3 is 261 Å². The van der Waals surface area contributed by atoms with Crippen LogP contribution in [0.25, 0.3) is 32.7 Å². The molecule has 0 fully saturated rings. The topological polar surface area (TPSA) is 3.24 Å². The van der Waals surface area contributed by atoms with E-state index < -0.39 is 7.26 Å². The Kier molecular flexibility index (Phi) is 7.07. The van der Waals surface area contributed by atoms with Gasteiger partial charge in [0.05, 0.1) is 0 Å². The molecule has 0 bridgehead atoms. The first kappa shape index (κ1) is 27.0. The van der Waals surface area contributed by atoms with E-state index in [0.717, 1.165) is 25.8 Å². The maximum atomic E-state index is 2.71. The molecule has 1 heterocycles. The Balaban J connectivity index is 1.28. The van der Waals surface area contributed by atoms with Crippen molar-refractivity contribution < 1.29 is 0 Å². The molecule has 0 N–H and O–H groups in total. The first-order chi connectivity index (χ1) is 21.8. The fraction of sp³-hybridized carbons (Fsp3) is 0.0952. The molecule has 0 aliphatic carbocycles. The van der Waals surface area contributed by atoms with Gasteiger partial charge in [-0.25, -0.2) is 0 Å². The first-order valence-electron chi connectivity index (χ1n) is 15.7. The number of benzene rings is 7. The van der Waals surface area contributed by atoms with Crippen LogP contribution in [0.2, 0.25) is 0 Å². The van der Waals surface area contributed by atoms with Crippen LogP contribution in [0.15, 0.2) is 164 Å². The molecule has 7 aromatic carbocycles. The van der Waals surface area contributed by atoms with Gasteiger partial charge in [-0.15, -0.1) is 0 Å². The van der Waals surface area contributed by atoms with E-state index in [-0.39, 0.29) is 0 Å². The van der Waals surface area contributed by atoms with Gasteiger partial charge in [0.2, 0.25) is 0 Å². The van der Waals surface area contributed by atoms with Crippen molar-refractivity contribution in [3.8, 4) is 11.1 Å². The van der Waals surface area contributed by atoms with Crippen molar-refractivity contribution in [1.82, 2.24) is 4.90 Å². The maximum absolute atomic E-state index is 2.71. The molecule has 44 heavy (non-hydrogen) atoms. The number of rotatable bonds is 6. The van der Waals surface area contributed by atoms with Crippen molar-refractivity contribution in [3.05, 3.63) is 175 Å². The third-order valence-electron chi connectivity index (χ3n) is 9.67. The van der Waals surface area contributed by atoms with Gasteiger partial charge in [-0.05, 0) is 0 Å². The summed E-state index contributed by atoms with van der Waals surface area (Å²) in [4.78, 5) is 2.71. The Morgan fingerprint density at radius 1 is 0.409 bits per heavy atom. The van der Waals surface area contributed by atoms with Crippen molar-refractivity contribution in [2.75, 3.05) is 12.7 Å². The number of hydrogen-bond donors (Lipinski definition) is 0. The molecular formula is C42H36NP. The SMILES string of the molecule is c1ccc([PH](CCN2Cc3ccc4ccccc4c3-c3c(ccc4ccccc34)C2)(c2ccccc2)c2ccccc2)cc1. The normalized spacial score (nSPS) is 13.7. The summed E-state index contributed by atoms with van der Waals surface area (Å²) in [5, 5.41) is 9.75. The predicted octanol–water partition coefficient (Wildman–Crippen LogP) is 8.70. The standard InChI is InChI=1S/C42H36NP/c1-4-16-36(17-5-1)44(37-18-6-2-7-19-37,38-20-8-3-9-21-38)29-28-43-30-34-26-24-32-14-10-12-22-39(32)41(34)42-35(31-43)27-25-33-15-11-13-23-40(33)42/h1-27,44H,28-31H2. The molecule has 0 radical (unpaired) electrons. The molecule has 0 unspecified atom stereocenters. The predicted molar refractivity (Wildman–Crippen MR) is 192 cm³/mol. The van der Waals surface area contributed by atoms with Gasteiger partial charge in [-0.2, -0.15) is 0 Å². The molecule has 0 spiro atoms. The Bertz CT molecular complexity index is 1880. The van der Waals surface area contributed by atoms with Gasteiger partial charge in [-0.1, -0.05) is 0 Å². The van der Waals surface area contributed by atoms with Gasteiger partial charge in [0.15, 0.2) is 0 Å². The second-order valence-corrected chi connectivity index (χ2v) is 16.1. The van der Waals surface area contributed by atoms with Crippen LogP contribution < -0.4 is 15.9 Å². The molecule has 214 valence electrons. The zero-order valence-electron chi connectivity index (χ0n) is 24.9. The van der Waals surface area contributed by atoms with Crippen molar-refractivity contribution in [2.24, 2.45) is 0 Å². The van der Waals surface area contributed by atoms with Crippen LogP contribution in [0.4, 0.5) is 0 Å². The Labute approximate surface area is 260 Å². The zero-order chi connectivity index (χ0) is 29.3. The van der Waals surface area contributed by atoms with Crippen LogP contribution in [0.3, 0.4) is 0 Å². The van der Waals surface area contributed by atoms with Crippen LogP contribution in [0.1, 0.15) is 11.1 Å². The van der Waals surface area contributed by atoms with Crippen LogP contribution in [0.5, 0.6) is 0 Å². The molecule has 0 aromatic heterocycles. The Morgan fingerprint density at radius 3 is 1.23 bits per heavy atom. The van der Waals surface area contributed by atoms with E-state index in [0.29, 0.717) is 0 Å². The molecule has 2 heteroatoms. The van der Waals surface area contributed by atoms with E-state index in [9.17, 15) is 0 Å². The minimum atomic E-state index is -2.34. The number of nitrogens with zero attached hydrogens (tertiary/aromatic N) is 1. The van der Waals surface area contributed by atoms with E-state index in [2.05, 4.69) is 169 Å². The van der Waals surface area contributed by atoms with Gasteiger partial charge in [-0.3, -0.25) is 0 Å². The average Bonchev–Trinajstić information content (AvgIpc) is 3.27. The Hall–Kier alpha value is -4.55. The fourth-order valence-corrected chi connectivity index (χ4v) is 12.4. The van der Waals surface area contributed by atoms with Crippen molar-refractivity contribution in [3.63, 3.8) is 0 Å². The summed E-state index contributed by atoms with van der Waals surface area (Å²) in [6.07, 6.45) is 1.11. The van der Waals surface area contributed by atoms with E-state index in [4.69, 9.17) is 0 Å². The number of fused-ring (bicyclic) bond motifs is 7. The Morgan fingerprint density at radius 2 is 0.795 bits per heavy atom. The average molecular weight is 586 g/mol.